The van der Waals surface area contributed by atoms with Crippen LogP contribution in [-0.2, 0) is 6.54 Å². The first-order chi connectivity index (χ1) is 10.3. The molecule has 0 atom stereocenters. The Labute approximate surface area is 152 Å². The number of hydrogen-bond acceptors (Lipinski definition) is 2. The molecule has 1 N–H and O–H groups in total. The van der Waals surface area contributed by atoms with Gasteiger partial charge in [0.1, 0.15) is 0 Å². The molecule has 0 aromatic heterocycles. The standard InChI is InChI=1S/C17H28N4.HI/c1-3-4-10-19-17(18-2)21-13-11-20(12-14-21)15-16-8-6-5-7-9-16;/h5-9H,3-4,10-15H2,1-2H3,(H,18,19);1H. The molecule has 1 aliphatic heterocycles. The van der Waals surface area contributed by atoms with E-state index in [1.54, 1.807) is 0 Å². The third-order valence-corrected chi connectivity index (χ3v) is 3.95. The summed E-state index contributed by atoms with van der Waals surface area (Å²) in [6.07, 6.45) is 2.42. The van der Waals surface area contributed by atoms with Gasteiger partial charge in [0, 0.05) is 46.3 Å². The van der Waals surface area contributed by atoms with Crippen molar-refractivity contribution in [2.45, 2.75) is 26.3 Å². The Hall–Kier alpha value is -0.820. The van der Waals surface area contributed by atoms with Crippen molar-refractivity contribution in [2.75, 3.05) is 39.8 Å². The van der Waals surface area contributed by atoms with Gasteiger partial charge in [0.2, 0.25) is 0 Å². The Morgan fingerprint density at radius 3 is 2.41 bits per heavy atom. The molecule has 0 unspecified atom stereocenters. The van der Waals surface area contributed by atoms with Crippen molar-refractivity contribution in [3.8, 4) is 0 Å². The van der Waals surface area contributed by atoms with E-state index in [1.165, 1.54) is 18.4 Å². The smallest absolute Gasteiger partial charge is 0.193 e. The summed E-state index contributed by atoms with van der Waals surface area (Å²) in [5.41, 5.74) is 1.40. The van der Waals surface area contributed by atoms with Crippen LogP contribution < -0.4 is 5.32 Å². The molecule has 0 bridgehead atoms. The van der Waals surface area contributed by atoms with E-state index in [0.717, 1.165) is 45.2 Å². The van der Waals surface area contributed by atoms with E-state index in [1.807, 2.05) is 7.05 Å². The lowest BCUT2D eigenvalue weighted by atomic mass is 10.2. The number of hydrogen-bond donors (Lipinski definition) is 1. The molecule has 0 radical (unpaired) electrons. The van der Waals surface area contributed by atoms with Crippen molar-refractivity contribution in [1.29, 1.82) is 0 Å². The van der Waals surface area contributed by atoms with Gasteiger partial charge < -0.3 is 10.2 Å². The van der Waals surface area contributed by atoms with Crippen LogP contribution in [0.4, 0.5) is 0 Å². The highest BCUT2D eigenvalue weighted by molar-refractivity contribution is 14.0. The molecule has 1 aromatic carbocycles. The van der Waals surface area contributed by atoms with Crippen LogP contribution in [0.3, 0.4) is 0 Å². The molecular formula is C17H29IN4. The third-order valence-electron chi connectivity index (χ3n) is 3.95. The maximum absolute atomic E-state index is 4.41. The van der Waals surface area contributed by atoms with Crippen molar-refractivity contribution >= 4 is 29.9 Å². The van der Waals surface area contributed by atoms with Gasteiger partial charge in [-0.05, 0) is 12.0 Å². The van der Waals surface area contributed by atoms with Crippen LogP contribution in [0.15, 0.2) is 35.3 Å². The maximum atomic E-state index is 4.41. The Morgan fingerprint density at radius 1 is 1.14 bits per heavy atom. The van der Waals surface area contributed by atoms with Gasteiger partial charge in [0.05, 0.1) is 0 Å². The summed E-state index contributed by atoms with van der Waals surface area (Å²) >= 11 is 0. The minimum Gasteiger partial charge on any atom is -0.356 e. The number of piperazine rings is 1. The molecule has 0 saturated carbocycles. The Bertz CT molecular complexity index is 428. The molecule has 0 spiro atoms. The summed E-state index contributed by atoms with van der Waals surface area (Å²) in [6.45, 7) is 8.60. The van der Waals surface area contributed by atoms with Gasteiger partial charge in [-0.3, -0.25) is 9.89 Å². The van der Waals surface area contributed by atoms with E-state index < -0.39 is 0 Å². The predicted octanol–water partition coefficient (Wildman–Crippen LogP) is 2.80. The SMILES string of the molecule is CCCCNC(=NC)N1CCN(Cc2ccccc2)CC1.I. The first-order valence-corrected chi connectivity index (χ1v) is 8.05. The van der Waals surface area contributed by atoms with E-state index in [2.05, 4.69) is 57.4 Å². The van der Waals surface area contributed by atoms with Gasteiger partial charge in [-0.15, -0.1) is 24.0 Å². The summed E-state index contributed by atoms with van der Waals surface area (Å²) in [6, 6.07) is 10.7. The number of rotatable bonds is 5. The van der Waals surface area contributed by atoms with Crippen LogP contribution in [0.25, 0.3) is 0 Å². The van der Waals surface area contributed by atoms with Gasteiger partial charge >= 0.3 is 0 Å². The number of nitrogens with zero attached hydrogens (tertiary/aromatic N) is 3. The number of nitrogens with one attached hydrogen (secondary N) is 1. The van der Waals surface area contributed by atoms with E-state index >= 15 is 0 Å². The second-order valence-electron chi connectivity index (χ2n) is 5.58. The topological polar surface area (TPSA) is 30.9 Å². The van der Waals surface area contributed by atoms with E-state index in [-0.39, 0.29) is 24.0 Å². The van der Waals surface area contributed by atoms with Gasteiger partial charge in [-0.2, -0.15) is 0 Å². The first kappa shape index (κ1) is 19.2. The van der Waals surface area contributed by atoms with Gasteiger partial charge in [-0.1, -0.05) is 43.7 Å². The normalized spacial score (nSPS) is 16.3. The molecule has 0 amide bonds. The van der Waals surface area contributed by atoms with Crippen LogP contribution in [0.2, 0.25) is 0 Å². The lowest BCUT2D eigenvalue weighted by molar-refractivity contribution is 0.172. The molecule has 1 saturated heterocycles. The molecule has 4 nitrogen and oxygen atoms in total. The predicted molar refractivity (Wildman–Crippen MR) is 105 cm³/mol. The van der Waals surface area contributed by atoms with E-state index in [0.29, 0.717) is 0 Å². The highest BCUT2D eigenvalue weighted by atomic mass is 127. The minimum absolute atomic E-state index is 0. The fourth-order valence-electron chi connectivity index (χ4n) is 2.67. The average molecular weight is 416 g/mol. The molecule has 1 heterocycles. The monoisotopic (exact) mass is 416 g/mol. The van der Waals surface area contributed by atoms with Crippen molar-refractivity contribution in [1.82, 2.24) is 15.1 Å². The highest BCUT2D eigenvalue weighted by Gasteiger charge is 2.19. The molecular weight excluding hydrogens is 387 g/mol. The van der Waals surface area contributed by atoms with Crippen LogP contribution >= 0.6 is 24.0 Å². The Kier molecular flexibility index (Phi) is 9.47. The minimum atomic E-state index is 0. The summed E-state index contributed by atoms with van der Waals surface area (Å²) < 4.78 is 0. The van der Waals surface area contributed by atoms with Crippen molar-refractivity contribution in [3.63, 3.8) is 0 Å². The molecule has 1 aliphatic rings. The van der Waals surface area contributed by atoms with Crippen LogP contribution in [0.5, 0.6) is 0 Å². The molecule has 2 rings (SSSR count). The zero-order chi connectivity index (χ0) is 14.9. The number of unbranched alkanes of at least 4 members (excludes halogenated alkanes) is 1. The highest BCUT2D eigenvalue weighted by Crippen LogP contribution is 2.08. The zero-order valence-electron chi connectivity index (χ0n) is 13.8. The summed E-state index contributed by atoms with van der Waals surface area (Å²) in [5.74, 6) is 1.06. The zero-order valence-corrected chi connectivity index (χ0v) is 16.1. The van der Waals surface area contributed by atoms with Gasteiger partial charge in [0.25, 0.3) is 0 Å². The Morgan fingerprint density at radius 2 is 1.82 bits per heavy atom. The molecule has 1 aromatic rings. The van der Waals surface area contributed by atoms with E-state index in [9.17, 15) is 0 Å². The maximum Gasteiger partial charge on any atom is 0.193 e. The van der Waals surface area contributed by atoms with Crippen molar-refractivity contribution in [2.24, 2.45) is 4.99 Å². The molecule has 124 valence electrons. The van der Waals surface area contributed by atoms with Crippen molar-refractivity contribution in [3.05, 3.63) is 35.9 Å². The summed E-state index contributed by atoms with van der Waals surface area (Å²) in [5, 5.41) is 3.46. The Balaban J connectivity index is 0.00000242. The lowest BCUT2D eigenvalue weighted by Gasteiger charge is -2.36. The summed E-state index contributed by atoms with van der Waals surface area (Å²) in [4.78, 5) is 9.30. The number of halogens is 1. The fraction of sp³-hybridized carbons (Fsp3) is 0.588. The number of guanidine groups is 1. The first-order valence-electron chi connectivity index (χ1n) is 8.05. The van der Waals surface area contributed by atoms with Crippen LogP contribution in [0.1, 0.15) is 25.3 Å². The second kappa shape index (κ2) is 10.8. The quantitative estimate of drug-likeness (QED) is 0.347. The fourth-order valence-corrected chi connectivity index (χ4v) is 2.67. The van der Waals surface area contributed by atoms with Crippen molar-refractivity contribution < 1.29 is 0 Å². The second-order valence-corrected chi connectivity index (χ2v) is 5.58. The van der Waals surface area contributed by atoms with Crippen LogP contribution in [-0.4, -0.2) is 55.5 Å². The molecule has 22 heavy (non-hydrogen) atoms. The largest absolute Gasteiger partial charge is 0.356 e. The van der Waals surface area contributed by atoms with E-state index in [4.69, 9.17) is 0 Å². The van der Waals surface area contributed by atoms with Crippen LogP contribution in [0, 0.1) is 0 Å². The third kappa shape index (κ3) is 6.12. The number of aliphatic imine (C=N–C) groups is 1. The molecule has 0 aliphatic carbocycles. The number of benzene rings is 1. The van der Waals surface area contributed by atoms with Gasteiger partial charge in [-0.25, -0.2) is 0 Å². The van der Waals surface area contributed by atoms with Gasteiger partial charge in [0.15, 0.2) is 5.96 Å². The summed E-state index contributed by atoms with van der Waals surface area (Å²) in [7, 11) is 1.88. The molecule has 1 fully saturated rings. The lowest BCUT2D eigenvalue weighted by Crippen LogP contribution is -2.52. The molecule has 5 heteroatoms. The average Bonchev–Trinajstić information content (AvgIpc) is 2.54.